The SMILES string of the molecule is Cc1noc(C)c1C(C)NC(=O)Cn1c(-c2ccccc2)cc2ccccc21. The molecule has 2 aromatic heterocycles. The van der Waals surface area contributed by atoms with Crippen LogP contribution in [0.1, 0.15) is 30.0 Å². The third kappa shape index (κ3) is 3.31. The average molecular weight is 373 g/mol. The molecule has 1 atom stereocenters. The number of carbonyl (C=O) groups excluding carboxylic acids is 1. The van der Waals surface area contributed by atoms with Gasteiger partial charge in [-0.25, -0.2) is 0 Å². The van der Waals surface area contributed by atoms with Gasteiger partial charge < -0.3 is 14.4 Å². The molecule has 0 aliphatic rings. The van der Waals surface area contributed by atoms with Crippen molar-refractivity contribution in [3.63, 3.8) is 0 Å². The number of aromatic nitrogens is 2. The molecule has 28 heavy (non-hydrogen) atoms. The first-order chi connectivity index (χ1) is 13.5. The average Bonchev–Trinajstić information content (AvgIpc) is 3.22. The smallest absolute Gasteiger partial charge is 0.240 e. The van der Waals surface area contributed by atoms with Crippen LogP contribution in [0.4, 0.5) is 0 Å². The first kappa shape index (κ1) is 18.0. The minimum absolute atomic E-state index is 0.0500. The third-order valence-electron chi connectivity index (χ3n) is 5.08. The molecule has 0 spiro atoms. The van der Waals surface area contributed by atoms with Crippen molar-refractivity contribution in [1.82, 2.24) is 15.0 Å². The third-order valence-corrected chi connectivity index (χ3v) is 5.08. The van der Waals surface area contributed by atoms with Gasteiger partial charge in [0.05, 0.1) is 11.7 Å². The maximum absolute atomic E-state index is 12.9. The Hall–Kier alpha value is -3.34. The van der Waals surface area contributed by atoms with Crippen molar-refractivity contribution in [3.8, 4) is 11.3 Å². The van der Waals surface area contributed by atoms with Crippen molar-refractivity contribution in [3.05, 3.63) is 77.7 Å². The highest BCUT2D eigenvalue weighted by molar-refractivity contribution is 5.89. The van der Waals surface area contributed by atoms with Crippen molar-refractivity contribution < 1.29 is 9.32 Å². The van der Waals surface area contributed by atoms with E-state index >= 15 is 0 Å². The van der Waals surface area contributed by atoms with Crippen molar-refractivity contribution in [2.75, 3.05) is 0 Å². The topological polar surface area (TPSA) is 60.1 Å². The van der Waals surface area contributed by atoms with Gasteiger partial charge in [-0.05, 0) is 38.5 Å². The molecule has 2 heterocycles. The Kier molecular flexibility index (Phi) is 4.74. The first-order valence-corrected chi connectivity index (χ1v) is 9.40. The van der Waals surface area contributed by atoms with Crippen LogP contribution in [0.25, 0.3) is 22.2 Å². The maximum atomic E-state index is 12.9. The summed E-state index contributed by atoms with van der Waals surface area (Å²) in [5.41, 5.74) is 4.91. The number of hydrogen-bond acceptors (Lipinski definition) is 3. The van der Waals surface area contributed by atoms with Crippen LogP contribution >= 0.6 is 0 Å². The van der Waals surface area contributed by atoms with Crippen molar-refractivity contribution in [2.24, 2.45) is 0 Å². The quantitative estimate of drug-likeness (QED) is 0.547. The van der Waals surface area contributed by atoms with Crippen LogP contribution < -0.4 is 5.32 Å². The van der Waals surface area contributed by atoms with Gasteiger partial charge in [0.2, 0.25) is 5.91 Å². The van der Waals surface area contributed by atoms with Crippen LogP contribution in [-0.2, 0) is 11.3 Å². The second-order valence-electron chi connectivity index (χ2n) is 7.07. The van der Waals surface area contributed by atoms with E-state index in [0.29, 0.717) is 0 Å². The fraction of sp³-hybridized carbons (Fsp3) is 0.217. The van der Waals surface area contributed by atoms with E-state index in [1.54, 1.807) is 0 Å². The van der Waals surface area contributed by atoms with Gasteiger partial charge in [-0.3, -0.25) is 4.79 Å². The van der Waals surface area contributed by atoms with Crippen LogP contribution in [0.2, 0.25) is 0 Å². The number of para-hydroxylation sites is 1. The summed E-state index contributed by atoms with van der Waals surface area (Å²) in [6.07, 6.45) is 0. The summed E-state index contributed by atoms with van der Waals surface area (Å²) >= 11 is 0. The normalized spacial score (nSPS) is 12.2. The summed E-state index contributed by atoms with van der Waals surface area (Å²) in [6.45, 7) is 5.95. The second kappa shape index (κ2) is 7.35. The van der Waals surface area contributed by atoms with E-state index in [1.807, 2.05) is 57.2 Å². The summed E-state index contributed by atoms with van der Waals surface area (Å²) in [5.74, 6) is 0.688. The number of amides is 1. The lowest BCUT2D eigenvalue weighted by atomic mass is 10.1. The Morgan fingerprint density at radius 1 is 1.11 bits per heavy atom. The lowest BCUT2D eigenvalue weighted by Gasteiger charge is -2.16. The molecule has 5 heteroatoms. The zero-order chi connectivity index (χ0) is 19.7. The summed E-state index contributed by atoms with van der Waals surface area (Å²) < 4.78 is 7.30. The Labute approximate surface area is 164 Å². The number of hydrogen-bond donors (Lipinski definition) is 1. The molecule has 0 aliphatic heterocycles. The molecular weight excluding hydrogens is 350 g/mol. The van der Waals surface area contributed by atoms with Gasteiger partial charge in [-0.2, -0.15) is 0 Å². The molecule has 5 nitrogen and oxygen atoms in total. The summed E-state index contributed by atoms with van der Waals surface area (Å²) in [4.78, 5) is 12.9. The zero-order valence-corrected chi connectivity index (χ0v) is 16.3. The number of nitrogens with one attached hydrogen (secondary N) is 1. The minimum atomic E-state index is -0.166. The monoisotopic (exact) mass is 373 g/mol. The molecule has 0 bridgehead atoms. The molecule has 142 valence electrons. The highest BCUT2D eigenvalue weighted by Gasteiger charge is 2.19. The van der Waals surface area contributed by atoms with Gasteiger partial charge in [0.25, 0.3) is 0 Å². The van der Waals surface area contributed by atoms with E-state index in [-0.39, 0.29) is 18.5 Å². The van der Waals surface area contributed by atoms with E-state index in [0.717, 1.165) is 39.2 Å². The Morgan fingerprint density at radius 3 is 2.54 bits per heavy atom. The number of aryl methyl sites for hydroxylation is 2. The largest absolute Gasteiger partial charge is 0.361 e. The predicted octanol–water partition coefficient (Wildman–Crippen LogP) is 4.79. The van der Waals surface area contributed by atoms with Crippen molar-refractivity contribution >= 4 is 16.8 Å². The lowest BCUT2D eigenvalue weighted by molar-refractivity contribution is -0.122. The zero-order valence-electron chi connectivity index (χ0n) is 16.3. The molecule has 4 rings (SSSR count). The van der Waals surface area contributed by atoms with Gasteiger partial charge in [0.1, 0.15) is 12.3 Å². The molecule has 2 aromatic carbocycles. The highest BCUT2D eigenvalue weighted by Crippen LogP contribution is 2.28. The van der Waals surface area contributed by atoms with Crippen molar-refractivity contribution in [2.45, 2.75) is 33.4 Å². The fourth-order valence-corrected chi connectivity index (χ4v) is 3.84. The summed E-state index contributed by atoms with van der Waals surface area (Å²) in [5, 5.41) is 8.19. The van der Waals surface area contributed by atoms with Crippen molar-refractivity contribution in [1.29, 1.82) is 0 Å². The van der Waals surface area contributed by atoms with E-state index in [2.05, 4.69) is 39.3 Å². The molecule has 0 fully saturated rings. The molecule has 0 radical (unpaired) electrons. The Bertz CT molecular complexity index is 1110. The van der Waals surface area contributed by atoms with Gasteiger partial charge in [-0.15, -0.1) is 0 Å². The second-order valence-corrected chi connectivity index (χ2v) is 7.07. The summed E-state index contributed by atoms with van der Waals surface area (Å²) in [6, 6.07) is 20.2. The highest BCUT2D eigenvalue weighted by atomic mass is 16.5. The van der Waals surface area contributed by atoms with Crippen LogP contribution in [0, 0.1) is 13.8 Å². The first-order valence-electron chi connectivity index (χ1n) is 9.40. The molecule has 0 saturated carbocycles. The number of fused-ring (bicyclic) bond motifs is 1. The van der Waals surface area contributed by atoms with Crippen LogP contribution in [-0.4, -0.2) is 15.6 Å². The van der Waals surface area contributed by atoms with Gasteiger partial charge in [0, 0.05) is 22.2 Å². The molecule has 0 aliphatic carbocycles. The van der Waals surface area contributed by atoms with Gasteiger partial charge in [0.15, 0.2) is 0 Å². The number of benzene rings is 2. The minimum Gasteiger partial charge on any atom is -0.361 e. The van der Waals surface area contributed by atoms with Crippen LogP contribution in [0.3, 0.4) is 0 Å². The van der Waals surface area contributed by atoms with Gasteiger partial charge in [-0.1, -0.05) is 53.7 Å². The van der Waals surface area contributed by atoms with E-state index in [4.69, 9.17) is 4.52 Å². The molecular formula is C23H23N3O2. The fourth-order valence-electron chi connectivity index (χ4n) is 3.84. The Balaban J connectivity index is 1.65. The van der Waals surface area contributed by atoms with E-state index in [9.17, 15) is 4.79 Å². The van der Waals surface area contributed by atoms with Crippen LogP contribution in [0.5, 0.6) is 0 Å². The molecule has 0 saturated heterocycles. The number of nitrogens with zero attached hydrogens (tertiary/aromatic N) is 2. The molecule has 4 aromatic rings. The predicted molar refractivity (Wildman–Crippen MR) is 110 cm³/mol. The Morgan fingerprint density at radius 2 is 1.82 bits per heavy atom. The number of rotatable bonds is 5. The molecule has 1 N–H and O–H groups in total. The number of carbonyl (C=O) groups is 1. The lowest BCUT2D eigenvalue weighted by Crippen LogP contribution is -2.30. The van der Waals surface area contributed by atoms with Crippen LogP contribution in [0.15, 0.2) is 65.2 Å². The summed E-state index contributed by atoms with van der Waals surface area (Å²) in [7, 11) is 0. The maximum Gasteiger partial charge on any atom is 0.240 e. The van der Waals surface area contributed by atoms with E-state index < -0.39 is 0 Å². The van der Waals surface area contributed by atoms with E-state index in [1.165, 1.54) is 0 Å². The van der Waals surface area contributed by atoms with Gasteiger partial charge >= 0.3 is 0 Å². The molecule has 1 amide bonds. The molecule has 1 unspecified atom stereocenters. The standard InChI is InChI=1S/C23H23N3O2/c1-15(23-16(2)25-28-17(23)3)24-22(27)14-26-20-12-8-7-11-19(20)13-21(26)18-9-5-4-6-10-18/h4-13,15H,14H2,1-3H3,(H,24,27).